The van der Waals surface area contributed by atoms with E-state index in [1.807, 2.05) is 24.3 Å². The van der Waals surface area contributed by atoms with E-state index < -0.39 is 10.0 Å². The third kappa shape index (κ3) is 2.26. The van der Waals surface area contributed by atoms with Gasteiger partial charge in [-0.2, -0.15) is 0 Å². The van der Waals surface area contributed by atoms with Crippen LogP contribution in [0.1, 0.15) is 12.8 Å². The van der Waals surface area contributed by atoms with E-state index in [1.54, 1.807) is 12.1 Å². The third-order valence-electron chi connectivity index (χ3n) is 2.90. The van der Waals surface area contributed by atoms with Gasteiger partial charge in [0.15, 0.2) is 0 Å². The second-order valence-electron chi connectivity index (χ2n) is 4.30. The largest absolute Gasteiger partial charge is 0.241 e. The van der Waals surface area contributed by atoms with Gasteiger partial charge in [0.1, 0.15) is 0 Å². The molecule has 1 saturated carbocycles. The minimum absolute atomic E-state index is 0.359. The summed E-state index contributed by atoms with van der Waals surface area (Å²) in [4.78, 5) is 0.359. The van der Waals surface area contributed by atoms with Gasteiger partial charge in [-0.1, -0.05) is 24.3 Å². The first kappa shape index (κ1) is 12.4. The lowest BCUT2D eigenvalue weighted by Crippen LogP contribution is -2.21. The van der Waals surface area contributed by atoms with Crippen LogP contribution < -0.4 is 4.72 Å². The highest BCUT2D eigenvalue weighted by molar-refractivity contribution is 14.1. The molecule has 2 aromatic carbocycles. The van der Waals surface area contributed by atoms with Crippen molar-refractivity contribution in [2.75, 3.05) is 0 Å². The number of fused-ring (bicyclic) bond motifs is 1. The molecule has 3 nitrogen and oxygen atoms in total. The second kappa shape index (κ2) is 4.47. The lowest BCUT2D eigenvalue weighted by atomic mass is 10.1. The van der Waals surface area contributed by atoms with E-state index in [0.717, 1.165) is 33.2 Å². The van der Waals surface area contributed by atoms with Gasteiger partial charge in [0.05, 0.1) is 10.9 Å². The highest BCUT2D eigenvalue weighted by Gasteiger charge is 2.29. The molecule has 0 heterocycles. The van der Waals surface area contributed by atoms with Crippen molar-refractivity contribution in [3.8, 4) is 0 Å². The molecule has 1 N–H and O–H groups in total. The summed E-state index contributed by atoms with van der Waals surface area (Å²) in [7, 11) is -3.43. The Morgan fingerprint density at radius 2 is 1.67 bits per heavy atom. The van der Waals surface area contributed by atoms with E-state index in [-0.39, 0.29) is 0 Å². The Morgan fingerprint density at radius 3 is 2.39 bits per heavy atom. The van der Waals surface area contributed by atoms with E-state index >= 15 is 0 Å². The van der Waals surface area contributed by atoms with Crippen LogP contribution in [0.15, 0.2) is 41.3 Å². The average Bonchev–Trinajstić information content (AvgIpc) is 3.12. The van der Waals surface area contributed by atoms with Crippen LogP contribution in [0, 0.1) is 9.61 Å². The van der Waals surface area contributed by atoms with Gasteiger partial charge in [-0.3, -0.25) is 0 Å². The minimum Gasteiger partial charge on any atom is -0.207 e. The van der Waals surface area contributed by atoms with Gasteiger partial charge in [0.25, 0.3) is 0 Å². The third-order valence-corrected chi connectivity index (χ3v) is 5.33. The van der Waals surface area contributed by atoms with E-state index in [2.05, 4.69) is 27.3 Å². The van der Waals surface area contributed by atoms with E-state index in [0.29, 0.717) is 4.90 Å². The van der Waals surface area contributed by atoms with E-state index in [1.165, 1.54) is 0 Å². The van der Waals surface area contributed by atoms with Crippen molar-refractivity contribution >= 4 is 43.4 Å². The molecular weight excluding hydrogens is 361 g/mol. The molecule has 0 aliphatic heterocycles. The van der Waals surface area contributed by atoms with Gasteiger partial charge < -0.3 is 0 Å². The van der Waals surface area contributed by atoms with Gasteiger partial charge in [0, 0.05) is 8.96 Å². The molecule has 1 fully saturated rings. The van der Waals surface area contributed by atoms with Crippen molar-refractivity contribution < 1.29 is 8.42 Å². The maximum absolute atomic E-state index is 12.3. The van der Waals surface area contributed by atoms with Gasteiger partial charge in [-0.25, -0.2) is 13.1 Å². The summed E-state index contributed by atoms with van der Waals surface area (Å²) in [5.41, 5.74) is 0. The zero-order valence-electron chi connectivity index (χ0n) is 9.48. The van der Waals surface area contributed by atoms with Crippen molar-refractivity contribution in [1.29, 1.82) is 0 Å². The first-order chi connectivity index (χ1) is 8.58. The smallest absolute Gasteiger partial charge is 0.207 e. The second-order valence-corrected chi connectivity index (χ2v) is 7.11. The number of hydrogen-bond donors (Lipinski definition) is 1. The Labute approximate surface area is 120 Å². The first-order valence-corrected chi connectivity index (χ1v) is 8.19. The summed E-state index contributed by atoms with van der Waals surface area (Å²) in [5, 5.41) is 1.75. The van der Waals surface area contributed by atoms with Crippen LogP contribution in [-0.2, 0) is 10.0 Å². The molecule has 1 aliphatic rings. The molecule has 0 amide bonds. The minimum atomic E-state index is -3.43. The summed E-state index contributed by atoms with van der Waals surface area (Å²) in [5.74, 6) is 0. The molecule has 2 aromatic rings. The average molecular weight is 372 g/mol. The van der Waals surface area contributed by atoms with Crippen molar-refractivity contribution in [3.05, 3.63) is 46.0 Å². The lowest BCUT2D eigenvalue weighted by molar-refractivity contribution is 0.588. The molecule has 0 saturated heterocycles. The molecule has 0 spiro atoms. The van der Waals surface area contributed by atoms with Gasteiger partial charge in [-0.15, -0.1) is 0 Å². The Morgan fingerprint density at radius 1 is 1.00 bits per heavy atom. The predicted octanol–water partition coefficient (Wildman–Crippen LogP) is 3.05. The maximum atomic E-state index is 12.3. The van der Waals surface area contributed by atoms with Crippen molar-refractivity contribution in [2.45, 2.75) is 17.7 Å². The monoisotopic (exact) mass is 372 g/mol. The SMILES string of the molecule is O=S(=O)(N[C]1CC1)c1cccc2c(I)cccc12. The predicted molar refractivity (Wildman–Crippen MR) is 79.5 cm³/mol. The molecule has 1 radical (unpaired) electrons. The van der Waals surface area contributed by atoms with Gasteiger partial charge in [0.2, 0.25) is 10.0 Å². The Hall–Kier alpha value is -0.660. The highest BCUT2D eigenvalue weighted by atomic mass is 127. The number of hydrogen-bond acceptors (Lipinski definition) is 2. The van der Waals surface area contributed by atoms with Crippen LogP contribution in [0.25, 0.3) is 10.8 Å². The topological polar surface area (TPSA) is 46.2 Å². The number of halogens is 1. The molecule has 18 heavy (non-hydrogen) atoms. The summed E-state index contributed by atoms with van der Waals surface area (Å²) in [6, 6.07) is 12.0. The number of rotatable bonds is 3. The molecule has 3 rings (SSSR count). The zero-order chi connectivity index (χ0) is 12.8. The van der Waals surface area contributed by atoms with Crippen molar-refractivity contribution in [3.63, 3.8) is 0 Å². The molecule has 0 unspecified atom stereocenters. The fraction of sp³-hybridized carbons (Fsp3) is 0.154. The van der Waals surface area contributed by atoms with Crippen molar-refractivity contribution in [1.82, 2.24) is 4.72 Å². The molecule has 1 aliphatic carbocycles. The van der Waals surface area contributed by atoms with Gasteiger partial charge in [-0.05, 0) is 53.0 Å². The Balaban J connectivity index is 2.19. The Kier molecular flexibility index (Phi) is 3.07. The summed E-state index contributed by atoms with van der Waals surface area (Å²) >= 11 is 2.22. The van der Waals surface area contributed by atoms with E-state index in [4.69, 9.17) is 0 Å². The molecule has 5 heteroatoms. The Bertz CT molecular complexity index is 708. The zero-order valence-corrected chi connectivity index (χ0v) is 12.5. The first-order valence-electron chi connectivity index (χ1n) is 5.63. The molecule has 93 valence electrons. The van der Waals surface area contributed by atoms with Crippen molar-refractivity contribution in [2.24, 2.45) is 0 Å². The summed E-state index contributed by atoms with van der Waals surface area (Å²) in [6.07, 6.45) is 1.73. The molecule has 0 aromatic heterocycles. The maximum Gasteiger partial charge on any atom is 0.241 e. The number of sulfonamides is 1. The summed E-state index contributed by atoms with van der Waals surface area (Å²) < 4.78 is 28.2. The summed E-state index contributed by atoms with van der Waals surface area (Å²) in [6.45, 7) is 0. The van der Waals surface area contributed by atoms with Crippen LogP contribution in [0.2, 0.25) is 0 Å². The van der Waals surface area contributed by atoms with Crippen LogP contribution in [0.4, 0.5) is 0 Å². The molecule has 0 bridgehead atoms. The fourth-order valence-electron chi connectivity index (χ4n) is 1.89. The van der Waals surface area contributed by atoms with Crippen LogP contribution in [-0.4, -0.2) is 8.42 Å². The molecular formula is C13H11INO2S. The number of nitrogens with one attached hydrogen (secondary N) is 1. The van der Waals surface area contributed by atoms with Crippen LogP contribution >= 0.6 is 22.6 Å². The lowest BCUT2D eigenvalue weighted by Gasteiger charge is -2.09. The number of benzene rings is 2. The fourth-order valence-corrected chi connectivity index (χ4v) is 3.98. The van der Waals surface area contributed by atoms with Gasteiger partial charge >= 0.3 is 0 Å². The molecule has 0 atom stereocenters. The standard InChI is InChI=1S/C13H11INO2S/c14-12-5-1-4-11-10(12)3-2-6-13(11)18(16,17)15-9-7-8-9/h1-6,15H,7-8H2. The normalized spacial score (nSPS) is 16.1. The highest BCUT2D eigenvalue weighted by Crippen LogP contribution is 2.32. The van der Waals surface area contributed by atoms with E-state index in [9.17, 15) is 8.42 Å². The van der Waals surface area contributed by atoms with Crippen LogP contribution in [0.5, 0.6) is 0 Å². The van der Waals surface area contributed by atoms with Crippen LogP contribution in [0.3, 0.4) is 0 Å². The quantitative estimate of drug-likeness (QED) is 0.842.